The van der Waals surface area contributed by atoms with Crippen LogP contribution in [0.2, 0.25) is 0 Å². The Balaban J connectivity index is 2.38. The smallest absolute Gasteiger partial charge is 0.407 e. The molecule has 0 spiro atoms. The van der Waals surface area contributed by atoms with Crippen molar-refractivity contribution in [1.29, 1.82) is 0 Å². The summed E-state index contributed by atoms with van der Waals surface area (Å²) in [5.74, 6) is 0.295. The van der Waals surface area contributed by atoms with Crippen LogP contribution < -0.4 is 5.32 Å². The van der Waals surface area contributed by atoms with Crippen LogP contribution in [0.1, 0.15) is 53.4 Å². The lowest BCUT2D eigenvalue weighted by atomic mass is 9.83. The molecule has 2 N–H and O–H groups in total. The van der Waals surface area contributed by atoms with Gasteiger partial charge in [0.25, 0.3) is 0 Å². The number of hydrogen-bond acceptors (Lipinski definition) is 3. The third-order valence-corrected chi connectivity index (χ3v) is 3.12. The molecule has 1 rings (SSSR count). The Hall–Kier alpha value is -0.770. The van der Waals surface area contributed by atoms with Gasteiger partial charge in [0.1, 0.15) is 5.60 Å². The first kappa shape index (κ1) is 14.3. The van der Waals surface area contributed by atoms with Crippen LogP contribution >= 0.6 is 0 Å². The van der Waals surface area contributed by atoms with Crippen molar-refractivity contribution in [2.24, 2.45) is 5.92 Å². The molecule has 0 radical (unpaired) electrons. The standard InChI is InChI=1S/C13H25NO3/c1-9(15)10-6-5-7-11(8-10)14-12(16)17-13(2,3)4/h9-11,15H,5-8H2,1-4H3,(H,14,16)/t9-,10?,11+/m0/s1. The summed E-state index contributed by atoms with van der Waals surface area (Å²) in [5, 5.41) is 12.5. The van der Waals surface area contributed by atoms with E-state index in [1.54, 1.807) is 0 Å². The predicted octanol–water partition coefficient (Wildman–Crippen LogP) is 2.45. The second kappa shape index (κ2) is 5.71. The number of aliphatic hydroxyl groups is 1. The number of ether oxygens (including phenoxy) is 1. The monoisotopic (exact) mass is 243 g/mol. The van der Waals surface area contributed by atoms with Crippen molar-refractivity contribution in [2.75, 3.05) is 0 Å². The second-order valence-corrected chi connectivity index (χ2v) is 6.01. The predicted molar refractivity (Wildman–Crippen MR) is 66.8 cm³/mol. The van der Waals surface area contributed by atoms with E-state index >= 15 is 0 Å². The molecule has 0 heterocycles. The average molecular weight is 243 g/mol. The van der Waals surface area contributed by atoms with Gasteiger partial charge in [0.15, 0.2) is 0 Å². The summed E-state index contributed by atoms with van der Waals surface area (Å²) in [6.07, 6.45) is 3.27. The van der Waals surface area contributed by atoms with Gasteiger partial charge >= 0.3 is 6.09 Å². The lowest BCUT2D eigenvalue weighted by molar-refractivity contribution is 0.0442. The van der Waals surface area contributed by atoms with Gasteiger partial charge in [0, 0.05) is 6.04 Å². The molecule has 1 saturated carbocycles. The van der Waals surface area contributed by atoms with Gasteiger partial charge in [0.05, 0.1) is 6.10 Å². The molecule has 4 heteroatoms. The highest BCUT2D eigenvalue weighted by atomic mass is 16.6. The number of rotatable bonds is 2. The molecule has 0 aliphatic heterocycles. The number of alkyl carbamates (subject to hydrolysis) is 1. The molecule has 1 unspecified atom stereocenters. The number of amides is 1. The maximum absolute atomic E-state index is 11.6. The van der Waals surface area contributed by atoms with E-state index in [0.29, 0.717) is 5.92 Å². The molecule has 1 aliphatic carbocycles. The zero-order valence-electron chi connectivity index (χ0n) is 11.3. The van der Waals surface area contributed by atoms with Crippen molar-refractivity contribution in [3.05, 3.63) is 0 Å². The maximum atomic E-state index is 11.6. The average Bonchev–Trinajstić information content (AvgIpc) is 2.14. The molecule has 0 bridgehead atoms. The van der Waals surface area contributed by atoms with Crippen molar-refractivity contribution in [1.82, 2.24) is 5.32 Å². The number of aliphatic hydroxyl groups excluding tert-OH is 1. The normalized spacial score (nSPS) is 27.4. The van der Waals surface area contributed by atoms with Gasteiger partial charge < -0.3 is 15.2 Å². The van der Waals surface area contributed by atoms with Gasteiger partial charge in [-0.1, -0.05) is 6.42 Å². The van der Waals surface area contributed by atoms with E-state index in [4.69, 9.17) is 4.74 Å². The lowest BCUT2D eigenvalue weighted by Crippen LogP contribution is -2.42. The van der Waals surface area contributed by atoms with Gasteiger partial charge in [0.2, 0.25) is 0 Å². The van der Waals surface area contributed by atoms with Gasteiger partial charge in [-0.3, -0.25) is 0 Å². The molecule has 3 atom stereocenters. The number of hydrogen-bond donors (Lipinski definition) is 2. The van der Waals surface area contributed by atoms with E-state index in [1.165, 1.54) is 0 Å². The van der Waals surface area contributed by atoms with Crippen LogP contribution in [-0.2, 0) is 4.74 Å². The SMILES string of the molecule is C[C@H](O)C1CCC[C@@H](NC(=O)OC(C)(C)C)C1. The van der Waals surface area contributed by atoms with Crippen LogP contribution in [0.3, 0.4) is 0 Å². The third-order valence-electron chi connectivity index (χ3n) is 3.12. The Bertz CT molecular complexity index is 258. The Morgan fingerprint density at radius 1 is 1.41 bits per heavy atom. The summed E-state index contributed by atoms with van der Waals surface area (Å²) in [7, 11) is 0. The largest absolute Gasteiger partial charge is 0.444 e. The van der Waals surface area contributed by atoms with Crippen molar-refractivity contribution >= 4 is 6.09 Å². The fourth-order valence-corrected chi connectivity index (χ4v) is 2.27. The van der Waals surface area contributed by atoms with Gasteiger partial charge in [-0.2, -0.15) is 0 Å². The van der Waals surface area contributed by atoms with E-state index in [1.807, 2.05) is 27.7 Å². The molecule has 0 saturated heterocycles. The third kappa shape index (κ3) is 5.39. The van der Waals surface area contributed by atoms with Crippen molar-refractivity contribution in [3.63, 3.8) is 0 Å². The summed E-state index contributed by atoms with van der Waals surface area (Å²) in [4.78, 5) is 11.6. The quantitative estimate of drug-likeness (QED) is 0.783. The topological polar surface area (TPSA) is 58.6 Å². The van der Waals surface area contributed by atoms with Crippen molar-refractivity contribution in [3.8, 4) is 0 Å². The Kier molecular flexibility index (Phi) is 4.80. The van der Waals surface area contributed by atoms with Crippen molar-refractivity contribution < 1.29 is 14.6 Å². The minimum atomic E-state index is -0.456. The zero-order chi connectivity index (χ0) is 13.1. The van der Waals surface area contributed by atoms with Crippen LogP contribution in [0.5, 0.6) is 0 Å². The first-order valence-corrected chi connectivity index (χ1v) is 6.45. The van der Waals surface area contributed by atoms with E-state index in [-0.39, 0.29) is 18.2 Å². The Morgan fingerprint density at radius 2 is 2.06 bits per heavy atom. The highest BCUT2D eigenvalue weighted by Crippen LogP contribution is 2.27. The van der Waals surface area contributed by atoms with E-state index < -0.39 is 5.60 Å². The summed E-state index contributed by atoms with van der Waals surface area (Å²) < 4.78 is 5.22. The molecule has 0 aromatic carbocycles. The molecule has 4 nitrogen and oxygen atoms in total. The van der Waals surface area contributed by atoms with Gasteiger partial charge in [-0.25, -0.2) is 4.79 Å². The summed E-state index contributed by atoms with van der Waals surface area (Å²) in [5.41, 5.74) is -0.456. The van der Waals surface area contributed by atoms with Crippen LogP contribution in [0.15, 0.2) is 0 Å². The van der Waals surface area contributed by atoms with Crippen LogP contribution in [0.4, 0.5) is 4.79 Å². The summed E-state index contributed by atoms with van der Waals surface area (Å²) >= 11 is 0. The van der Waals surface area contributed by atoms with Crippen LogP contribution in [0.25, 0.3) is 0 Å². The first-order chi connectivity index (χ1) is 7.78. The van der Waals surface area contributed by atoms with E-state index in [0.717, 1.165) is 25.7 Å². The highest BCUT2D eigenvalue weighted by molar-refractivity contribution is 5.68. The number of carbonyl (C=O) groups excluding carboxylic acids is 1. The maximum Gasteiger partial charge on any atom is 0.407 e. The van der Waals surface area contributed by atoms with E-state index in [2.05, 4.69) is 5.32 Å². The Labute approximate surface area is 104 Å². The molecular weight excluding hydrogens is 218 g/mol. The fourth-order valence-electron chi connectivity index (χ4n) is 2.27. The zero-order valence-corrected chi connectivity index (χ0v) is 11.3. The van der Waals surface area contributed by atoms with Gasteiger partial charge in [-0.05, 0) is 52.9 Å². The lowest BCUT2D eigenvalue weighted by Gasteiger charge is -2.32. The summed E-state index contributed by atoms with van der Waals surface area (Å²) in [6, 6.07) is 0.137. The van der Waals surface area contributed by atoms with Crippen molar-refractivity contribution in [2.45, 2.75) is 71.1 Å². The summed E-state index contributed by atoms with van der Waals surface area (Å²) in [6.45, 7) is 7.38. The van der Waals surface area contributed by atoms with Gasteiger partial charge in [-0.15, -0.1) is 0 Å². The number of carbonyl (C=O) groups is 1. The molecule has 100 valence electrons. The molecular formula is C13H25NO3. The minimum Gasteiger partial charge on any atom is -0.444 e. The van der Waals surface area contributed by atoms with E-state index in [9.17, 15) is 9.90 Å². The molecule has 17 heavy (non-hydrogen) atoms. The van der Waals surface area contributed by atoms with Crippen LogP contribution in [-0.4, -0.2) is 28.9 Å². The first-order valence-electron chi connectivity index (χ1n) is 6.45. The van der Waals surface area contributed by atoms with Crippen LogP contribution in [0, 0.1) is 5.92 Å². The number of nitrogens with one attached hydrogen (secondary N) is 1. The molecule has 0 aromatic rings. The molecule has 0 aromatic heterocycles. The fraction of sp³-hybridized carbons (Fsp3) is 0.923. The second-order valence-electron chi connectivity index (χ2n) is 6.01. The molecule has 1 amide bonds. The Morgan fingerprint density at radius 3 is 2.59 bits per heavy atom. The highest BCUT2D eigenvalue weighted by Gasteiger charge is 2.27. The minimum absolute atomic E-state index is 0.137. The molecule has 1 aliphatic rings. The molecule has 1 fully saturated rings.